The van der Waals surface area contributed by atoms with Crippen LogP contribution in [0.4, 0.5) is 0 Å². The number of hydrogen-bond acceptors (Lipinski definition) is 3. The third-order valence-corrected chi connectivity index (χ3v) is 4.59. The first-order chi connectivity index (χ1) is 12.0. The molecule has 0 saturated carbocycles. The van der Waals surface area contributed by atoms with Gasteiger partial charge in [0.05, 0.1) is 11.6 Å². The molecular formula is C22H27N3. The van der Waals surface area contributed by atoms with Gasteiger partial charge in [0.1, 0.15) is 0 Å². The maximum atomic E-state index is 9.48. The van der Waals surface area contributed by atoms with Crippen molar-refractivity contribution >= 4 is 0 Å². The van der Waals surface area contributed by atoms with Crippen molar-refractivity contribution in [3.8, 4) is 6.07 Å². The van der Waals surface area contributed by atoms with E-state index in [9.17, 15) is 5.26 Å². The smallest absolute Gasteiger partial charge is 0.0997 e. The molecular weight excluding hydrogens is 306 g/mol. The Bertz CT molecular complexity index is 736. The molecule has 0 aromatic rings. The van der Waals surface area contributed by atoms with E-state index in [1.54, 1.807) is 0 Å². The van der Waals surface area contributed by atoms with Gasteiger partial charge in [-0.1, -0.05) is 37.5 Å². The van der Waals surface area contributed by atoms with Gasteiger partial charge in [0, 0.05) is 19.6 Å². The molecule has 0 aromatic heterocycles. The standard InChI is InChI=1S/C22H27N3/c1-17(20-10-13-25(4)14-11-20)9-12-24-16-18(2)22(15-23)19(3)21-7-5-6-8-21/h5-7,9-10,12,24H,1,3,8,11,13-14,16H2,2,4H3/b12-9-,22-18-. The van der Waals surface area contributed by atoms with Crippen LogP contribution < -0.4 is 5.32 Å². The molecule has 0 atom stereocenters. The van der Waals surface area contributed by atoms with Crippen molar-refractivity contribution in [1.29, 1.82) is 5.26 Å². The van der Waals surface area contributed by atoms with Crippen molar-refractivity contribution in [3.05, 3.63) is 83.2 Å². The zero-order valence-electron chi connectivity index (χ0n) is 15.3. The van der Waals surface area contributed by atoms with Crippen LogP contribution in [0.5, 0.6) is 0 Å². The van der Waals surface area contributed by atoms with E-state index < -0.39 is 0 Å². The Labute approximate surface area is 151 Å². The molecule has 1 N–H and O–H groups in total. The molecule has 0 bridgehead atoms. The van der Waals surface area contributed by atoms with Crippen molar-refractivity contribution in [2.24, 2.45) is 0 Å². The normalized spacial score (nSPS) is 18.4. The van der Waals surface area contributed by atoms with Crippen LogP contribution in [-0.4, -0.2) is 31.6 Å². The van der Waals surface area contributed by atoms with Crippen LogP contribution in [0.25, 0.3) is 0 Å². The van der Waals surface area contributed by atoms with Crippen LogP contribution in [0, 0.1) is 11.3 Å². The van der Waals surface area contributed by atoms with Crippen LogP contribution in [0.3, 0.4) is 0 Å². The average molecular weight is 333 g/mol. The monoisotopic (exact) mass is 333 g/mol. The maximum Gasteiger partial charge on any atom is 0.0997 e. The van der Waals surface area contributed by atoms with Crippen molar-refractivity contribution < 1.29 is 0 Å². The second kappa shape index (κ2) is 9.05. The molecule has 1 aliphatic carbocycles. The number of hydrogen-bond donors (Lipinski definition) is 1. The number of rotatable bonds is 7. The van der Waals surface area contributed by atoms with Crippen LogP contribution in [-0.2, 0) is 0 Å². The van der Waals surface area contributed by atoms with Gasteiger partial charge in [-0.05, 0) is 67.0 Å². The van der Waals surface area contributed by atoms with E-state index in [1.165, 1.54) is 5.57 Å². The predicted molar refractivity (Wildman–Crippen MR) is 106 cm³/mol. The third kappa shape index (κ3) is 5.20. The zero-order valence-corrected chi connectivity index (χ0v) is 15.3. The summed E-state index contributed by atoms with van der Waals surface area (Å²) in [5.41, 5.74) is 5.98. The number of nitrogens with one attached hydrogen (secondary N) is 1. The number of likely N-dealkylation sites (N-methyl/N-ethyl adjacent to an activating group) is 1. The molecule has 2 aliphatic rings. The van der Waals surface area contributed by atoms with E-state index in [4.69, 9.17) is 0 Å². The Kier molecular flexibility index (Phi) is 6.80. The summed E-state index contributed by atoms with van der Waals surface area (Å²) in [6.45, 7) is 12.9. The first-order valence-electron chi connectivity index (χ1n) is 8.65. The Balaban J connectivity index is 1.90. The van der Waals surface area contributed by atoms with Crippen molar-refractivity contribution in [2.75, 3.05) is 26.7 Å². The van der Waals surface area contributed by atoms with E-state index in [2.05, 4.69) is 48.6 Å². The van der Waals surface area contributed by atoms with E-state index in [1.807, 2.05) is 31.4 Å². The molecule has 1 aliphatic heterocycles. The molecule has 0 amide bonds. The van der Waals surface area contributed by atoms with E-state index in [0.29, 0.717) is 12.1 Å². The lowest BCUT2D eigenvalue weighted by atomic mass is 9.96. The molecule has 3 heteroatoms. The lowest BCUT2D eigenvalue weighted by Gasteiger charge is -2.22. The fourth-order valence-corrected chi connectivity index (χ4v) is 2.88. The number of nitriles is 1. The van der Waals surface area contributed by atoms with Gasteiger partial charge in [0.2, 0.25) is 0 Å². The molecule has 2 rings (SSSR count). The van der Waals surface area contributed by atoms with Gasteiger partial charge in [-0.25, -0.2) is 0 Å². The quantitative estimate of drug-likeness (QED) is 0.561. The summed E-state index contributed by atoms with van der Waals surface area (Å²) in [6.07, 6.45) is 14.2. The second-order valence-electron chi connectivity index (χ2n) is 6.55. The van der Waals surface area contributed by atoms with Gasteiger partial charge < -0.3 is 10.2 Å². The first-order valence-corrected chi connectivity index (χ1v) is 8.65. The highest BCUT2D eigenvalue weighted by Gasteiger charge is 2.12. The highest BCUT2D eigenvalue weighted by atomic mass is 15.1. The molecule has 0 unspecified atom stereocenters. The summed E-state index contributed by atoms with van der Waals surface area (Å²) in [7, 11) is 2.13. The molecule has 0 radical (unpaired) electrons. The summed E-state index contributed by atoms with van der Waals surface area (Å²) < 4.78 is 0. The Morgan fingerprint density at radius 3 is 2.80 bits per heavy atom. The van der Waals surface area contributed by atoms with Gasteiger partial charge in [0.15, 0.2) is 0 Å². The minimum atomic E-state index is 0.619. The fourth-order valence-electron chi connectivity index (χ4n) is 2.88. The van der Waals surface area contributed by atoms with E-state index in [-0.39, 0.29) is 0 Å². The maximum absolute atomic E-state index is 9.48. The first kappa shape index (κ1) is 18.8. The van der Waals surface area contributed by atoms with Crippen LogP contribution in [0.15, 0.2) is 83.2 Å². The Morgan fingerprint density at radius 2 is 2.20 bits per heavy atom. The van der Waals surface area contributed by atoms with Gasteiger partial charge in [-0.3, -0.25) is 0 Å². The lowest BCUT2D eigenvalue weighted by molar-refractivity contribution is 0.361. The van der Waals surface area contributed by atoms with Crippen molar-refractivity contribution in [1.82, 2.24) is 10.2 Å². The zero-order chi connectivity index (χ0) is 18.2. The third-order valence-electron chi connectivity index (χ3n) is 4.59. The van der Waals surface area contributed by atoms with Crippen LogP contribution in [0.1, 0.15) is 19.8 Å². The lowest BCUT2D eigenvalue weighted by Crippen LogP contribution is -2.24. The summed E-state index contributed by atoms with van der Waals surface area (Å²) in [4.78, 5) is 2.29. The number of allylic oxidation sites excluding steroid dienone is 8. The van der Waals surface area contributed by atoms with Crippen LogP contribution >= 0.6 is 0 Å². The number of nitrogens with zero attached hydrogens (tertiary/aromatic N) is 2. The molecule has 25 heavy (non-hydrogen) atoms. The minimum Gasteiger partial charge on any atom is -0.387 e. The molecule has 0 spiro atoms. The molecule has 130 valence electrons. The summed E-state index contributed by atoms with van der Waals surface area (Å²) in [5.74, 6) is 0. The van der Waals surface area contributed by atoms with E-state index in [0.717, 1.165) is 48.2 Å². The van der Waals surface area contributed by atoms with Crippen molar-refractivity contribution in [3.63, 3.8) is 0 Å². The molecule has 0 aromatic carbocycles. The Morgan fingerprint density at radius 1 is 1.40 bits per heavy atom. The summed E-state index contributed by atoms with van der Waals surface area (Å²) >= 11 is 0. The molecule has 0 saturated heterocycles. The topological polar surface area (TPSA) is 39.1 Å². The van der Waals surface area contributed by atoms with Crippen molar-refractivity contribution in [2.45, 2.75) is 19.8 Å². The molecule has 3 nitrogen and oxygen atoms in total. The highest BCUT2D eigenvalue weighted by Crippen LogP contribution is 2.26. The average Bonchev–Trinajstić information content (AvgIpc) is 3.14. The Hall–Kier alpha value is -2.57. The van der Waals surface area contributed by atoms with Gasteiger partial charge >= 0.3 is 0 Å². The van der Waals surface area contributed by atoms with Gasteiger partial charge in [-0.15, -0.1) is 0 Å². The highest BCUT2D eigenvalue weighted by molar-refractivity contribution is 5.56. The molecule has 0 fully saturated rings. The molecule has 1 heterocycles. The van der Waals surface area contributed by atoms with Crippen LogP contribution in [0.2, 0.25) is 0 Å². The van der Waals surface area contributed by atoms with E-state index >= 15 is 0 Å². The van der Waals surface area contributed by atoms with Gasteiger partial charge in [0.25, 0.3) is 0 Å². The summed E-state index contributed by atoms with van der Waals surface area (Å²) in [6, 6.07) is 2.30. The predicted octanol–water partition coefficient (Wildman–Crippen LogP) is 4.19. The minimum absolute atomic E-state index is 0.619. The van der Waals surface area contributed by atoms with Gasteiger partial charge in [-0.2, -0.15) is 5.26 Å². The SMILES string of the molecule is C=C(/C=C\NC/C(C)=C(/C#N)C(=C)C1=CC=CC1)C1=CCN(C)CC1. The summed E-state index contributed by atoms with van der Waals surface area (Å²) in [5, 5.41) is 12.7. The fraction of sp³-hybridized carbons (Fsp3) is 0.318. The second-order valence-corrected chi connectivity index (χ2v) is 6.55. The largest absolute Gasteiger partial charge is 0.387 e.